The van der Waals surface area contributed by atoms with Crippen molar-refractivity contribution in [3.8, 4) is 11.8 Å². The third-order valence-electron chi connectivity index (χ3n) is 2.07. The van der Waals surface area contributed by atoms with Crippen LogP contribution in [-0.2, 0) is 0 Å². The monoisotopic (exact) mass is 217 g/mol. The Hall–Kier alpha value is -1.79. The Balaban J connectivity index is 2.61. The Morgan fingerprint density at radius 1 is 1.47 bits per heavy atom. The lowest BCUT2D eigenvalue weighted by molar-refractivity contribution is 0.876. The highest BCUT2D eigenvalue weighted by Crippen LogP contribution is 2.17. The van der Waals surface area contributed by atoms with Gasteiger partial charge in [-0.05, 0) is 24.6 Å². The van der Waals surface area contributed by atoms with Gasteiger partial charge in [0.1, 0.15) is 6.07 Å². The summed E-state index contributed by atoms with van der Waals surface area (Å²) < 4.78 is 1.61. The first kappa shape index (κ1) is 9.75. The van der Waals surface area contributed by atoms with Crippen molar-refractivity contribution in [1.82, 2.24) is 9.78 Å². The van der Waals surface area contributed by atoms with Crippen LogP contribution >= 0.6 is 11.6 Å². The number of rotatable bonds is 1. The molecule has 2 rings (SSSR count). The molecular weight excluding hydrogens is 210 g/mol. The second-order valence-corrected chi connectivity index (χ2v) is 3.67. The summed E-state index contributed by atoms with van der Waals surface area (Å²) in [4.78, 5) is 0. The predicted octanol–water partition coefficient (Wildman–Crippen LogP) is 2.71. The lowest BCUT2D eigenvalue weighted by Gasteiger charge is -2.04. The topological polar surface area (TPSA) is 41.6 Å². The lowest BCUT2D eigenvalue weighted by Crippen LogP contribution is -1.98. The zero-order chi connectivity index (χ0) is 10.8. The largest absolute Gasteiger partial charge is 0.238 e. The number of aromatic nitrogens is 2. The van der Waals surface area contributed by atoms with Crippen molar-refractivity contribution in [1.29, 1.82) is 5.26 Å². The van der Waals surface area contributed by atoms with Crippen LogP contribution in [0.1, 0.15) is 11.1 Å². The number of hydrogen-bond donors (Lipinski definition) is 0. The van der Waals surface area contributed by atoms with E-state index in [1.165, 1.54) is 0 Å². The van der Waals surface area contributed by atoms with Crippen LogP contribution in [0.25, 0.3) is 5.69 Å². The van der Waals surface area contributed by atoms with Gasteiger partial charge in [0.25, 0.3) is 0 Å². The van der Waals surface area contributed by atoms with Crippen molar-refractivity contribution in [3.63, 3.8) is 0 Å². The predicted molar refractivity (Wildman–Crippen MR) is 58.0 cm³/mol. The van der Waals surface area contributed by atoms with Gasteiger partial charge in [-0.15, -0.1) is 0 Å². The van der Waals surface area contributed by atoms with E-state index in [1.807, 2.05) is 19.1 Å². The standard InChI is InChI=1S/C11H8ClN3/c1-8-2-3-9(5-13)11(4-8)15-7-10(12)6-14-15/h2-4,6-7H,1H3. The van der Waals surface area contributed by atoms with Gasteiger partial charge >= 0.3 is 0 Å². The highest BCUT2D eigenvalue weighted by molar-refractivity contribution is 6.30. The van der Waals surface area contributed by atoms with E-state index in [9.17, 15) is 0 Å². The Bertz CT molecular complexity index is 537. The molecule has 0 aliphatic carbocycles. The lowest BCUT2D eigenvalue weighted by atomic mass is 10.1. The molecule has 0 unspecified atom stereocenters. The molecule has 0 amide bonds. The van der Waals surface area contributed by atoms with Crippen LogP contribution in [-0.4, -0.2) is 9.78 Å². The first-order valence-electron chi connectivity index (χ1n) is 4.42. The van der Waals surface area contributed by atoms with Gasteiger partial charge < -0.3 is 0 Å². The maximum absolute atomic E-state index is 8.95. The highest BCUT2D eigenvalue weighted by Gasteiger charge is 2.05. The molecule has 1 aromatic heterocycles. The average molecular weight is 218 g/mol. The van der Waals surface area contributed by atoms with E-state index in [4.69, 9.17) is 16.9 Å². The van der Waals surface area contributed by atoms with Gasteiger partial charge in [-0.25, -0.2) is 4.68 Å². The normalized spacial score (nSPS) is 9.93. The van der Waals surface area contributed by atoms with Gasteiger partial charge in [0, 0.05) is 6.20 Å². The molecule has 74 valence electrons. The van der Waals surface area contributed by atoms with Crippen molar-refractivity contribution in [2.24, 2.45) is 0 Å². The smallest absolute Gasteiger partial charge is 0.101 e. The first-order valence-corrected chi connectivity index (χ1v) is 4.80. The fourth-order valence-electron chi connectivity index (χ4n) is 1.36. The van der Waals surface area contributed by atoms with Gasteiger partial charge in [-0.1, -0.05) is 17.7 Å². The zero-order valence-electron chi connectivity index (χ0n) is 8.11. The summed E-state index contributed by atoms with van der Waals surface area (Å²) in [6, 6.07) is 7.71. The number of aryl methyl sites for hydroxylation is 1. The minimum atomic E-state index is 0.556. The van der Waals surface area contributed by atoms with E-state index in [-0.39, 0.29) is 0 Å². The van der Waals surface area contributed by atoms with E-state index in [1.54, 1.807) is 23.1 Å². The molecule has 1 aromatic carbocycles. The SMILES string of the molecule is Cc1ccc(C#N)c(-n2cc(Cl)cn2)c1. The molecule has 0 aliphatic heterocycles. The van der Waals surface area contributed by atoms with Crippen molar-refractivity contribution >= 4 is 11.6 Å². The van der Waals surface area contributed by atoms with Gasteiger partial charge in [0.15, 0.2) is 0 Å². The first-order chi connectivity index (χ1) is 7.20. The molecule has 4 heteroatoms. The minimum Gasteiger partial charge on any atom is -0.238 e. The summed E-state index contributed by atoms with van der Waals surface area (Å²) in [7, 11) is 0. The van der Waals surface area contributed by atoms with Gasteiger partial charge in [0.05, 0.1) is 22.5 Å². The third-order valence-corrected chi connectivity index (χ3v) is 2.27. The molecule has 0 radical (unpaired) electrons. The minimum absolute atomic E-state index is 0.556. The molecule has 1 heterocycles. The summed E-state index contributed by atoms with van der Waals surface area (Å²) in [5, 5.41) is 13.6. The van der Waals surface area contributed by atoms with E-state index in [0.717, 1.165) is 11.3 Å². The summed E-state index contributed by atoms with van der Waals surface area (Å²) in [5.41, 5.74) is 2.42. The maximum atomic E-state index is 8.95. The van der Waals surface area contributed by atoms with Crippen molar-refractivity contribution in [2.45, 2.75) is 6.92 Å². The number of halogens is 1. The van der Waals surface area contributed by atoms with Crippen LogP contribution in [0.4, 0.5) is 0 Å². The Morgan fingerprint density at radius 3 is 2.87 bits per heavy atom. The Kier molecular flexibility index (Phi) is 2.44. The van der Waals surface area contributed by atoms with Crippen LogP contribution in [0, 0.1) is 18.3 Å². The Morgan fingerprint density at radius 2 is 2.27 bits per heavy atom. The number of benzene rings is 1. The summed E-state index contributed by atoms with van der Waals surface area (Å²) in [6.45, 7) is 1.97. The molecule has 3 nitrogen and oxygen atoms in total. The fourth-order valence-corrected chi connectivity index (χ4v) is 1.49. The molecule has 2 aromatic rings. The maximum Gasteiger partial charge on any atom is 0.101 e. The molecule has 15 heavy (non-hydrogen) atoms. The zero-order valence-corrected chi connectivity index (χ0v) is 8.86. The van der Waals surface area contributed by atoms with Crippen molar-refractivity contribution in [2.75, 3.05) is 0 Å². The highest BCUT2D eigenvalue weighted by atomic mass is 35.5. The van der Waals surface area contributed by atoms with Crippen LogP contribution < -0.4 is 0 Å². The van der Waals surface area contributed by atoms with E-state index in [2.05, 4.69) is 11.2 Å². The quantitative estimate of drug-likeness (QED) is 0.737. The van der Waals surface area contributed by atoms with Crippen LogP contribution in [0.5, 0.6) is 0 Å². The molecule has 0 saturated carbocycles. The number of nitrogens with zero attached hydrogens (tertiary/aromatic N) is 3. The van der Waals surface area contributed by atoms with Crippen LogP contribution in [0.15, 0.2) is 30.6 Å². The molecule has 0 bridgehead atoms. The van der Waals surface area contributed by atoms with Crippen molar-refractivity contribution < 1.29 is 0 Å². The average Bonchev–Trinajstić information content (AvgIpc) is 2.65. The van der Waals surface area contributed by atoms with Gasteiger partial charge in [-0.2, -0.15) is 10.4 Å². The molecular formula is C11H8ClN3. The second kappa shape index (κ2) is 3.76. The third kappa shape index (κ3) is 1.85. The van der Waals surface area contributed by atoms with Gasteiger partial charge in [-0.3, -0.25) is 0 Å². The van der Waals surface area contributed by atoms with E-state index >= 15 is 0 Å². The van der Waals surface area contributed by atoms with Crippen LogP contribution in [0.2, 0.25) is 5.02 Å². The Labute approximate surface area is 92.5 Å². The molecule has 0 N–H and O–H groups in total. The second-order valence-electron chi connectivity index (χ2n) is 3.24. The molecule has 0 fully saturated rings. The fraction of sp³-hybridized carbons (Fsp3) is 0.0909. The van der Waals surface area contributed by atoms with E-state index in [0.29, 0.717) is 10.6 Å². The molecule has 0 aliphatic rings. The van der Waals surface area contributed by atoms with Crippen LogP contribution in [0.3, 0.4) is 0 Å². The number of nitriles is 1. The summed E-state index contributed by atoms with van der Waals surface area (Å²) >= 11 is 5.78. The summed E-state index contributed by atoms with van der Waals surface area (Å²) in [6.07, 6.45) is 3.22. The molecule has 0 atom stereocenters. The molecule has 0 spiro atoms. The summed E-state index contributed by atoms with van der Waals surface area (Å²) in [5.74, 6) is 0. The number of hydrogen-bond acceptors (Lipinski definition) is 2. The molecule has 0 saturated heterocycles. The van der Waals surface area contributed by atoms with E-state index < -0.39 is 0 Å². The van der Waals surface area contributed by atoms with Gasteiger partial charge in [0.2, 0.25) is 0 Å². The van der Waals surface area contributed by atoms with Crippen molar-refractivity contribution in [3.05, 3.63) is 46.7 Å².